The van der Waals surface area contributed by atoms with E-state index in [1.165, 1.54) is 22.9 Å². The molecule has 2 aromatic carbocycles. The second-order valence-electron chi connectivity index (χ2n) is 9.57. The van der Waals surface area contributed by atoms with E-state index in [0.717, 1.165) is 43.1 Å². The van der Waals surface area contributed by atoms with Gasteiger partial charge in [-0.25, -0.2) is 8.78 Å². The van der Waals surface area contributed by atoms with Crippen LogP contribution in [0.15, 0.2) is 77.8 Å². The Morgan fingerprint density at radius 3 is 2.59 bits per heavy atom. The molecule has 1 saturated heterocycles. The lowest BCUT2D eigenvalue weighted by atomic mass is 9.93. The van der Waals surface area contributed by atoms with Crippen LogP contribution in [0.25, 0.3) is 0 Å². The lowest BCUT2D eigenvalue weighted by Crippen LogP contribution is -2.29. The Balaban J connectivity index is 1.46. The minimum absolute atomic E-state index is 0.0269. The highest BCUT2D eigenvalue weighted by atomic mass is 19.3. The van der Waals surface area contributed by atoms with Crippen LogP contribution in [0.5, 0.6) is 0 Å². The standard InChI is InChI=1S/C28H34F2N4/c1-17-14-22(12-13-25(17)34(5)26-15-18(26)2)32-19(3)27(31)24-11-7-10-23(33-24)20-8-6-9-21(16-20)28(4,29)30/h6,8-9,12-16,23,26,32-33H,3,7,10-11,31H2,1-2,4-5H3/b27-24-. The minimum atomic E-state index is -2.86. The Morgan fingerprint density at radius 1 is 1.21 bits per heavy atom. The van der Waals surface area contributed by atoms with Gasteiger partial charge in [-0.3, -0.25) is 0 Å². The van der Waals surface area contributed by atoms with Crippen molar-refractivity contribution in [1.29, 1.82) is 0 Å². The summed E-state index contributed by atoms with van der Waals surface area (Å²) >= 11 is 0. The predicted octanol–water partition coefficient (Wildman–Crippen LogP) is 6.48. The monoisotopic (exact) mass is 464 g/mol. The van der Waals surface area contributed by atoms with Crippen LogP contribution in [0.4, 0.5) is 20.2 Å². The lowest BCUT2D eigenvalue weighted by Gasteiger charge is -2.29. The average Bonchev–Trinajstić information content (AvgIpc) is 3.54. The maximum atomic E-state index is 13.8. The number of aryl methyl sites for hydroxylation is 1. The van der Waals surface area contributed by atoms with Gasteiger partial charge in [-0.05, 0) is 74.1 Å². The summed E-state index contributed by atoms with van der Waals surface area (Å²) in [5.74, 6) is -2.86. The molecule has 2 unspecified atom stereocenters. The van der Waals surface area contributed by atoms with Gasteiger partial charge in [-0.2, -0.15) is 0 Å². The van der Waals surface area contributed by atoms with Gasteiger partial charge in [0.15, 0.2) is 0 Å². The number of nitrogens with one attached hydrogen (secondary N) is 2. The quantitative estimate of drug-likeness (QED) is 0.411. The number of rotatable bonds is 7. The van der Waals surface area contributed by atoms with Crippen LogP contribution in [0.2, 0.25) is 0 Å². The Kier molecular flexibility index (Phi) is 6.43. The molecule has 0 aromatic heterocycles. The van der Waals surface area contributed by atoms with Gasteiger partial charge in [-0.1, -0.05) is 30.9 Å². The minimum Gasteiger partial charge on any atom is -0.396 e. The summed E-state index contributed by atoms with van der Waals surface area (Å²) in [6, 6.07) is 13.2. The van der Waals surface area contributed by atoms with Crippen molar-refractivity contribution < 1.29 is 8.78 Å². The third-order valence-electron chi connectivity index (χ3n) is 6.78. The number of hydrogen-bond donors (Lipinski definition) is 3. The summed E-state index contributed by atoms with van der Waals surface area (Å²) in [4.78, 5) is 2.27. The third kappa shape index (κ3) is 5.11. The molecule has 2 aliphatic rings. The molecule has 0 spiro atoms. The molecular weight excluding hydrogens is 430 g/mol. The van der Waals surface area contributed by atoms with Gasteiger partial charge in [0.25, 0.3) is 5.92 Å². The summed E-state index contributed by atoms with van der Waals surface area (Å²) in [5.41, 5.74) is 14.1. The SMILES string of the molecule is C=C(Nc1ccc(N(C)C2C=C2C)c(C)c1)/C(N)=C1\CCCC(c2cccc(C(C)(F)F)c2)N1. The molecule has 1 aliphatic carbocycles. The first-order valence-corrected chi connectivity index (χ1v) is 11.8. The van der Waals surface area contributed by atoms with E-state index in [9.17, 15) is 8.78 Å². The van der Waals surface area contributed by atoms with Crippen molar-refractivity contribution in [3.05, 3.63) is 94.5 Å². The van der Waals surface area contributed by atoms with Crippen molar-refractivity contribution in [2.75, 3.05) is 17.3 Å². The van der Waals surface area contributed by atoms with Gasteiger partial charge < -0.3 is 21.3 Å². The van der Waals surface area contributed by atoms with E-state index in [-0.39, 0.29) is 11.6 Å². The van der Waals surface area contributed by atoms with Gasteiger partial charge in [0.2, 0.25) is 0 Å². The number of halogens is 2. The zero-order valence-corrected chi connectivity index (χ0v) is 20.4. The van der Waals surface area contributed by atoms with Crippen LogP contribution in [0.3, 0.4) is 0 Å². The molecule has 0 radical (unpaired) electrons. The Morgan fingerprint density at radius 2 is 1.94 bits per heavy atom. The molecule has 1 heterocycles. The highest BCUT2D eigenvalue weighted by Crippen LogP contribution is 2.34. The molecule has 4 rings (SSSR count). The van der Waals surface area contributed by atoms with Crippen LogP contribution in [-0.4, -0.2) is 13.1 Å². The van der Waals surface area contributed by atoms with E-state index in [2.05, 4.69) is 61.2 Å². The fourth-order valence-electron chi connectivity index (χ4n) is 4.65. The lowest BCUT2D eigenvalue weighted by molar-refractivity contribution is 0.0173. The average molecular weight is 465 g/mol. The van der Waals surface area contributed by atoms with Crippen LogP contribution < -0.4 is 21.3 Å². The maximum absolute atomic E-state index is 13.8. The molecule has 1 aliphatic heterocycles. The topological polar surface area (TPSA) is 53.3 Å². The van der Waals surface area contributed by atoms with E-state index in [1.807, 2.05) is 12.1 Å². The zero-order chi connectivity index (χ0) is 24.6. The van der Waals surface area contributed by atoms with E-state index in [0.29, 0.717) is 17.4 Å². The second-order valence-corrected chi connectivity index (χ2v) is 9.57. The summed E-state index contributed by atoms with van der Waals surface area (Å²) < 4.78 is 27.6. The van der Waals surface area contributed by atoms with E-state index in [4.69, 9.17) is 5.73 Å². The van der Waals surface area contributed by atoms with Crippen molar-refractivity contribution in [3.8, 4) is 0 Å². The van der Waals surface area contributed by atoms with Gasteiger partial charge in [0.05, 0.1) is 23.5 Å². The number of hydrogen-bond acceptors (Lipinski definition) is 4. The van der Waals surface area contributed by atoms with E-state index in [1.54, 1.807) is 12.1 Å². The molecule has 0 bridgehead atoms. The summed E-state index contributed by atoms with van der Waals surface area (Å²) in [7, 11) is 2.11. The highest BCUT2D eigenvalue weighted by molar-refractivity contribution is 5.65. The first-order valence-electron chi connectivity index (χ1n) is 11.8. The van der Waals surface area contributed by atoms with E-state index >= 15 is 0 Å². The van der Waals surface area contributed by atoms with Crippen LogP contribution in [0, 0.1) is 6.92 Å². The number of anilines is 2. The number of piperidine rings is 1. The Bertz CT molecular complexity index is 1160. The molecular formula is C28H34F2N4. The van der Waals surface area contributed by atoms with Crippen LogP contribution in [0.1, 0.15) is 55.8 Å². The highest BCUT2D eigenvalue weighted by Gasteiger charge is 2.27. The first-order chi connectivity index (χ1) is 16.0. The van der Waals surface area contributed by atoms with Crippen LogP contribution >= 0.6 is 0 Å². The fourth-order valence-corrected chi connectivity index (χ4v) is 4.65. The van der Waals surface area contributed by atoms with Crippen molar-refractivity contribution in [2.24, 2.45) is 5.73 Å². The molecule has 180 valence electrons. The number of allylic oxidation sites excluding steroid dienone is 1. The molecule has 6 heteroatoms. The second kappa shape index (κ2) is 9.16. The summed E-state index contributed by atoms with van der Waals surface area (Å²) in [6.07, 6.45) is 4.82. The van der Waals surface area contributed by atoms with Crippen LogP contribution in [-0.2, 0) is 5.92 Å². The number of alkyl halides is 2. The predicted molar refractivity (Wildman–Crippen MR) is 137 cm³/mol. The number of nitrogens with zero attached hydrogens (tertiary/aromatic N) is 1. The zero-order valence-electron chi connectivity index (χ0n) is 20.4. The maximum Gasteiger partial charge on any atom is 0.270 e. The molecule has 0 amide bonds. The molecule has 2 aromatic rings. The van der Waals surface area contributed by atoms with E-state index < -0.39 is 5.92 Å². The normalized spacial score (nSPS) is 21.3. The largest absolute Gasteiger partial charge is 0.396 e. The molecule has 0 saturated carbocycles. The van der Waals surface area contributed by atoms with Gasteiger partial charge >= 0.3 is 0 Å². The number of nitrogens with two attached hydrogens (primary N) is 1. The number of benzene rings is 2. The van der Waals surface area contributed by atoms with Crippen molar-refractivity contribution in [2.45, 2.75) is 58.0 Å². The smallest absolute Gasteiger partial charge is 0.270 e. The molecule has 1 fully saturated rings. The summed E-state index contributed by atoms with van der Waals surface area (Å²) in [5, 5.41) is 6.81. The van der Waals surface area contributed by atoms with Crippen molar-refractivity contribution >= 4 is 11.4 Å². The Hall–Kier alpha value is -3.28. The van der Waals surface area contributed by atoms with Crippen molar-refractivity contribution in [1.82, 2.24) is 5.32 Å². The molecule has 2 atom stereocenters. The molecule has 4 nitrogen and oxygen atoms in total. The molecule has 4 N–H and O–H groups in total. The first kappa shape index (κ1) is 23.9. The Labute approximate surface area is 201 Å². The van der Waals surface area contributed by atoms with Gasteiger partial charge in [0.1, 0.15) is 0 Å². The molecule has 34 heavy (non-hydrogen) atoms. The third-order valence-corrected chi connectivity index (χ3v) is 6.78. The number of likely N-dealkylation sites (N-methyl/N-ethyl adjacent to an activating group) is 1. The van der Waals surface area contributed by atoms with Gasteiger partial charge in [0, 0.05) is 36.6 Å². The van der Waals surface area contributed by atoms with Crippen molar-refractivity contribution in [3.63, 3.8) is 0 Å². The fraction of sp³-hybridized carbons (Fsp3) is 0.357. The summed E-state index contributed by atoms with van der Waals surface area (Å²) in [6.45, 7) is 9.32. The van der Waals surface area contributed by atoms with Gasteiger partial charge in [-0.15, -0.1) is 0 Å².